The zero-order valence-corrected chi connectivity index (χ0v) is 16.7. The van der Waals surface area contributed by atoms with E-state index in [0.717, 1.165) is 22.4 Å². The fourth-order valence-corrected chi connectivity index (χ4v) is 3.33. The number of hydrogen-bond acceptors (Lipinski definition) is 5. The first-order valence-electron chi connectivity index (χ1n) is 9.33. The van der Waals surface area contributed by atoms with Gasteiger partial charge in [0.25, 0.3) is 0 Å². The molecule has 0 bridgehead atoms. The summed E-state index contributed by atoms with van der Waals surface area (Å²) in [6.45, 7) is 2.01. The smallest absolute Gasteiger partial charge is 0.303 e. The van der Waals surface area contributed by atoms with Crippen LogP contribution in [0.5, 0.6) is 11.5 Å². The summed E-state index contributed by atoms with van der Waals surface area (Å²) in [5, 5.41) is 14.9. The van der Waals surface area contributed by atoms with E-state index in [0.29, 0.717) is 17.9 Å². The predicted molar refractivity (Wildman–Crippen MR) is 108 cm³/mol. The van der Waals surface area contributed by atoms with E-state index in [4.69, 9.17) is 14.6 Å². The van der Waals surface area contributed by atoms with E-state index in [1.807, 2.05) is 37.3 Å². The predicted octanol–water partition coefficient (Wildman–Crippen LogP) is 3.55. The van der Waals surface area contributed by atoms with Crippen molar-refractivity contribution in [2.24, 2.45) is 5.10 Å². The summed E-state index contributed by atoms with van der Waals surface area (Å²) < 4.78 is 10.8. The Labute approximate surface area is 169 Å². The Morgan fingerprint density at radius 2 is 1.83 bits per heavy atom. The average molecular weight is 396 g/mol. The van der Waals surface area contributed by atoms with E-state index < -0.39 is 12.0 Å². The summed E-state index contributed by atoms with van der Waals surface area (Å²) >= 11 is 0. The maximum Gasteiger partial charge on any atom is 0.303 e. The third-order valence-corrected chi connectivity index (χ3v) is 4.90. The number of aryl methyl sites for hydroxylation is 1. The molecule has 0 radical (unpaired) electrons. The number of carboxylic acid groups (broad SMARTS) is 1. The molecule has 0 aliphatic carbocycles. The second kappa shape index (κ2) is 8.77. The van der Waals surface area contributed by atoms with Gasteiger partial charge in [-0.15, -0.1) is 0 Å². The van der Waals surface area contributed by atoms with E-state index in [1.165, 1.54) is 5.01 Å². The molecule has 0 fully saturated rings. The third kappa shape index (κ3) is 4.56. The maximum absolute atomic E-state index is 12.8. The molecule has 1 atom stereocenters. The van der Waals surface area contributed by atoms with Crippen LogP contribution in [0.25, 0.3) is 0 Å². The van der Waals surface area contributed by atoms with E-state index in [-0.39, 0.29) is 18.7 Å². The van der Waals surface area contributed by atoms with Crippen molar-refractivity contribution in [2.45, 2.75) is 32.2 Å². The Hall–Kier alpha value is -3.35. The number of amides is 1. The number of hydrogen-bond donors (Lipinski definition) is 1. The number of benzene rings is 2. The summed E-state index contributed by atoms with van der Waals surface area (Å²) in [5.41, 5.74) is 3.59. The highest BCUT2D eigenvalue weighted by atomic mass is 16.5. The molecule has 7 nitrogen and oxygen atoms in total. The molecule has 1 heterocycles. The number of nitrogens with zero attached hydrogens (tertiary/aromatic N) is 2. The van der Waals surface area contributed by atoms with Crippen molar-refractivity contribution >= 4 is 17.6 Å². The molecule has 0 aromatic heterocycles. The lowest BCUT2D eigenvalue weighted by molar-refractivity contribution is -0.141. The quantitative estimate of drug-likeness (QED) is 0.773. The van der Waals surface area contributed by atoms with Crippen LogP contribution in [0.2, 0.25) is 0 Å². The van der Waals surface area contributed by atoms with E-state index in [1.54, 1.807) is 26.4 Å². The highest BCUT2D eigenvalue weighted by Crippen LogP contribution is 2.39. The van der Waals surface area contributed by atoms with Gasteiger partial charge in [-0.2, -0.15) is 5.10 Å². The lowest BCUT2D eigenvalue weighted by Gasteiger charge is -2.24. The van der Waals surface area contributed by atoms with Gasteiger partial charge in [0.2, 0.25) is 5.91 Å². The van der Waals surface area contributed by atoms with Crippen LogP contribution in [0.15, 0.2) is 47.6 Å². The minimum atomic E-state index is -1.02. The molecule has 0 spiro atoms. The van der Waals surface area contributed by atoms with Gasteiger partial charge in [0, 0.05) is 18.4 Å². The van der Waals surface area contributed by atoms with Crippen molar-refractivity contribution in [1.29, 1.82) is 0 Å². The second-order valence-corrected chi connectivity index (χ2v) is 6.87. The molecule has 1 N–H and O–H groups in total. The molecule has 1 unspecified atom stereocenters. The van der Waals surface area contributed by atoms with E-state index >= 15 is 0 Å². The molecule has 1 aliphatic rings. The minimum Gasteiger partial charge on any atom is -0.497 e. The van der Waals surface area contributed by atoms with Gasteiger partial charge in [-0.1, -0.05) is 29.8 Å². The molecule has 29 heavy (non-hydrogen) atoms. The molecule has 152 valence electrons. The van der Waals surface area contributed by atoms with Gasteiger partial charge in [-0.05, 0) is 30.7 Å². The zero-order chi connectivity index (χ0) is 21.0. The summed E-state index contributed by atoms with van der Waals surface area (Å²) in [4.78, 5) is 23.7. The first-order chi connectivity index (χ1) is 13.9. The summed E-state index contributed by atoms with van der Waals surface area (Å²) in [6.07, 6.45) is 0.126. The number of aliphatic carboxylic acids is 1. The fraction of sp³-hybridized carbons (Fsp3) is 0.318. The SMILES string of the molecule is COc1ccc(OC)c(C2CC(c3ccc(C)cc3)=NN2C(=O)CCC(=O)O)c1. The van der Waals surface area contributed by atoms with Gasteiger partial charge >= 0.3 is 5.97 Å². The highest BCUT2D eigenvalue weighted by molar-refractivity contribution is 6.03. The summed E-state index contributed by atoms with van der Waals surface area (Å²) in [5.74, 6) is -0.102. The molecular formula is C22H24N2O5. The highest BCUT2D eigenvalue weighted by Gasteiger charge is 2.35. The summed E-state index contributed by atoms with van der Waals surface area (Å²) in [7, 11) is 3.14. The van der Waals surface area contributed by atoms with Crippen molar-refractivity contribution in [2.75, 3.05) is 14.2 Å². The van der Waals surface area contributed by atoms with Crippen molar-refractivity contribution in [1.82, 2.24) is 5.01 Å². The topological polar surface area (TPSA) is 88.4 Å². The van der Waals surface area contributed by atoms with E-state index in [2.05, 4.69) is 5.10 Å². The standard InChI is InChI=1S/C22H24N2O5/c1-14-4-6-15(7-5-14)18-13-19(24(23-18)21(25)10-11-22(26)27)17-12-16(28-2)8-9-20(17)29-3/h4-9,12,19H,10-11,13H2,1-3H3,(H,26,27). The molecule has 7 heteroatoms. The molecule has 1 aliphatic heterocycles. The largest absolute Gasteiger partial charge is 0.497 e. The second-order valence-electron chi connectivity index (χ2n) is 6.87. The van der Waals surface area contributed by atoms with Gasteiger partial charge < -0.3 is 14.6 Å². The van der Waals surface area contributed by atoms with Crippen molar-refractivity contribution in [3.8, 4) is 11.5 Å². The monoisotopic (exact) mass is 396 g/mol. The fourth-order valence-electron chi connectivity index (χ4n) is 3.33. The van der Waals surface area contributed by atoms with Crippen LogP contribution in [-0.4, -0.2) is 41.9 Å². The Balaban J connectivity index is 1.99. The molecule has 1 amide bonds. The number of carboxylic acids is 1. The Bertz CT molecular complexity index is 937. The zero-order valence-electron chi connectivity index (χ0n) is 16.7. The molecule has 3 rings (SSSR count). The number of carbonyl (C=O) groups excluding carboxylic acids is 1. The third-order valence-electron chi connectivity index (χ3n) is 4.90. The van der Waals surface area contributed by atoms with Crippen LogP contribution in [0, 0.1) is 6.92 Å². The molecule has 2 aromatic carbocycles. The molecule has 0 saturated heterocycles. The maximum atomic E-state index is 12.8. The minimum absolute atomic E-state index is 0.122. The average Bonchev–Trinajstić information content (AvgIpc) is 3.17. The van der Waals surface area contributed by atoms with E-state index in [9.17, 15) is 9.59 Å². The van der Waals surface area contributed by atoms with Crippen LogP contribution in [0.4, 0.5) is 0 Å². The Morgan fingerprint density at radius 3 is 2.45 bits per heavy atom. The van der Waals surface area contributed by atoms with Crippen LogP contribution >= 0.6 is 0 Å². The van der Waals surface area contributed by atoms with Gasteiger partial charge in [0.05, 0.1) is 32.4 Å². The van der Waals surface area contributed by atoms with Gasteiger partial charge in [0.15, 0.2) is 0 Å². The normalized spacial score (nSPS) is 15.8. The Morgan fingerprint density at radius 1 is 1.10 bits per heavy atom. The van der Waals surface area contributed by atoms with Crippen molar-refractivity contribution < 1.29 is 24.2 Å². The van der Waals surface area contributed by atoms with Crippen molar-refractivity contribution in [3.05, 3.63) is 59.2 Å². The molecule has 0 saturated carbocycles. The molecule has 2 aromatic rings. The lowest BCUT2D eigenvalue weighted by Crippen LogP contribution is -2.27. The number of carbonyl (C=O) groups is 2. The van der Waals surface area contributed by atoms with Crippen molar-refractivity contribution in [3.63, 3.8) is 0 Å². The van der Waals surface area contributed by atoms with Crippen LogP contribution < -0.4 is 9.47 Å². The molecular weight excluding hydrogens is 372 g/mol. The first-order valence-corrected chi connectivity index (χ1v) is 9.33. The van der Waals surface area contributed by atoms with Gasteiger partial charge in [-0.3, -0.25) is 9.59 Å². The Kier molecular flexibility index (Phi) is 6.16. The van der Waals surface area contributed by atoms with Gasteiger partial charge in [-0.25, -0.2) is 5.01 Å². The lowest BCUT2D eigenvalue weighted by atomic mass is 9.97. The first kappa shape index (κ1) is 20.4. The number of methoxy groups -OCH3 is 2. The van der Waals surface area contributed by atoms with Crippen LogP contribution in [-0.2, 0) is 9.59 Å². The van der Waals surface area contributed by atoms with Crippen LogP contribution in [0.3, 0.4) is 0 Å². The summed E-state index contributed by atoms with van der Waals surface area (Å²) in [6, 6.07) is 12.9. The van der Waals surface area contributed by atoms with Crippen LogP contribution in [0.1, 0.15) is 42.0 Å². The number of ether oxygens (including phenoxy) is 2. The number of rotatable bonds is 7. The number of hydrazone groups is 1. The van der Waals surface area contributed by atoms with Gasteiger partial charge in [0.1, 0.15) is 11.5 Å².